The van der Waals surface area contributed by atoms with Crippen molar-refractivity contribution in [3.05, 3.63) is 28.8 Å². The number of hydrogen-bond donors (Lipinski definition) is 1. The third-order valence-corrected chi connectivity index (χ3v) is 3.85. The van der Waals surface area contributed by atoms with Crippen molar-refractivity contribution >= 4 is 17.3 Å². The maximum Gasteiger partial charge on any atom is 0.0762 e. The summed E-state index contributed by atoms with van der Waals surface area (Å²) in [6, 6.07) is 6.82. The molecule has 1 aliphatic heterocycles. The highest BCUT2D eigenvalue weighted by atomic mass is 35.5. The predicted molar refractivity (Wildman–Crippen MR) is 81.1 cm³/mol. The van der Waals surface area contributed by atoms with Gasteiger partial charge < -0.3 is 15.0 Å². The Morgan fingerprint density at radius 2 is 2.26 bits per heavy atom. The number of hydrogen-bond acceptors (Lipinski definition) is 3. The summed E-state index contributed by atoms with van der Waals surface area (Å²) in [6.07, 6.45) is 1.40. The van der Waals surface area contributed by atoms with Gasteiger partial charge in [-0.3, -0.25) is 0 Å². The van der Waals surface area contributed by atoms with Crippen LogP contribution in [0.4, 0.5) is 5.69 Å². The van der Waals surface area contributed by atoms with Gasteiger partial charge in [-0.1, -0.05) is 31.5 Å². The van der Waals surface area contributed by atoms with Crippen LogP contribution < -0.4 is 10.2 Å². The molecule has 1 aliphatic rings. The zero-order valence-corrected chi connectivity index (χ0v) is 12.7. The van der Waals surface area contributed by atoms with E-state index in [9.17, 15) is 0 Å². The lowest BCUT2D eigenvalue weighted by atomic mass is 10.2. The molecule has 1 fully saturated rings. The molecule has 0 amide bonds. The highest BCUT2D eigenvalue weighted by Gasteiger charge is 2.23. The average Bonchev–Trinajstić information content (AvgIpc) is 2.85. The van der Waals surface area contributed by atoms with E-state index in [0.29, 0.717) is 12.1 Å². The number of benzene rings is 1. The first-order valence-corrected chi connectivity index (χ1v) is 7.27. The molecule has 1 N–H and O–H groups in total. The molecule has 106 valence electrons. The average molecular weight is 283 g/mol. The molecule has 0 aromatic heterocycles. The Hall–Kier alpha value is -0.770. The van der Waals surface area contributed by atoms with Gasteiger partial charge in [0.05, 0.1) is 16.8 Å². The lowest BCUT2D eigenvalue weighted by Crippen LogP contribution is -2.23. The number of anilines is 1. The molecule has 0 saturated carbocycles. The number of nitrogens with one attached hydrogen (secondary N) is 1. The van der Waals surface area contributed by atoms with E-state index in [1.165, 1.54) is 5.56 Å². The van der Waals surface area contributed by atoms with Crippen molar-refractivity contribution in [3.8, 4) is 0 Å². The Balaban J connectivity index is 2.03. The van der Waals surface area contributed by atoms with Crippen LogP contribution in [0.3, 0.4) is 0 Å². The highest BCUT2D eigenvalue weighted by Crippen LogP contribution is 2.30. The van der Waals surface area contributed by atoms with Gasteiger partial charge in [-0.15, -0.1) is 0 Å². The van der Waals surface area contributed by atoms with E-state index in [4.69, 9.17) is 16.3 Å². The summed E-state index contributed by atoms with van der Waals surface area (Å²) < 4.78 is 5.40. The molecule has 4 heteroatoms. The minimum atomic E-state index is 0.332. The summed E-state index contributed by atoms with van der Waals surface area (Å²) >= 11 is 6.41. The summed E-state index contributed by atoms with van der Waals surface area (Å²) in [5.41, 5.74) is 2.35. The minimum Gasteiger partial charge on any atom is -0.380 e. The molecule has 1 heterocycles. The van der Waals surface area contributed by atoms with Crippen molar-refractivity contribution in [2.45, 2.75) is 39.0 Å². The maximum atomic E-state index is 6.41. The summed E-state index contributed by atoms with van der Waals surface area (Å²) in [4.78, 5) is 2.30. The molecule has 0 bridgehead atoms. The molecule has 1 unspecified atom stereocenters. The Morgan fingerprint density at radius 1 is 1.47 bits per heavy atom. The monoisotopic (exact) mass is 282 g/mol. The molecular formula is C15H23ClN2O. The standard InChI is InChI=1S/C15H23ClN2O/c1-11(2)17-9-12-4-5-15(14(16)8-12)18-7-6-13(10-18)19-3/h4-5,8,11,13,17H,6-7,9-10H2,1-3H3. The second-order valence-corrected chi connectivity index (χ2v) is 5.82. The van der Waals surface area contributed by atoms with Crippen LogP contribution in [0.1, 0.15) is 25.8 Å². The van der Waals surface area contributed by atoms with Crippen molar-refractivity contribution in [2.75, 3.05) is 25.1 Å². The van der Waals surface area contributed by atoms with Crippen LogP contribution in [-0.4, -0.2) is 32.3 Å². The second kappa shape index (κ2) is 6.60. The first-order chi connectivity index (χ1) is 9.10. The Bertz CT molecular complexity index is 423. The smallest absolute Gasteiger partial charge is 0.0762 e. The third kappa shape index (κ3) is 3.85. The predicted octanol–water partition coefficient (Wildman–Crippen LogP) is 3.06. The normalized spacial score (nSPS) is 19.4. The zero-order chi connectivity index (χ0) is 13.8. The lowest BCUT2D eigenvalue weighted by Gasteiger charge is -2.20. The number of ether oxygens (including phenoxy) is 1. The van der Waals surface area contributed by atoms with E-state index in [-0.39, 0.29) is 0 Å². The van der Waals surface area contributed by atoms with E-state index < -0.39 is 0 Å². The van der Waals surface area contributed by atoms with Gasteiger partial charge in [0.2, 0.25) is 0 Å². The number of rotatable bonds is 5. The molecule has 1 aromatic carbocycles. The Kier molecular flexibility index (Phi) is 5.08. The molecular weight excluding hydrogens is 260 g/mol. The summed E-state index contributed by atoms with van der Waals surface area (Å²) in [5, 5.41) is 4.24. The Morgan fingerprint density at radius 3 is 2.84 bits per heavy atom. The SMILES string of the molecule is COC1CCN(c2ccc(CNC(C)C)cc2Cl)C1. The fourth-order valence-electron chi connectivity index (χ4n) is 2.38. The van der Waals surface area contributed by atoms with Crippen molar-refractivity contribution in [3.63, 3.8) is 0 Å². The van der Waals surface area contributed by atoms with Gasteiger partial charge in [0.25, 0.3) is 0 Å². The molecule has 1 saturated heterocycles. The molecule has 19 heavy (non-hydrogen) atoms. The molecule has 0 aliphatic carbocycles. The van der Waals surface area contributed by atoms with Crippen LogP contribution in [0, 0.1) is 0 Å². The maximum absolute atomic E-state index is 6.41. The van der Waals surface area contributed by atoms with Gasteiger partial charge in [-0.25, -0.2) is 0 Å². The number of nitrogens with zero attached hydrogens (tertiary/aromatic N) is 1. The van der Waals surface area contributed by atoms with E-state index in [1.54, 1.807) is 7.11 Å². The summed E-state index contributed by atoms with van der Waals surface area (Å²) in [5.74, 6) is 0. The first kappa shape index (κ1) is 14.6. The first-order valence-electron chi connectivity index (χ1n) is 6.89. The van der Waals surface area contributed by atoms with Crippen LogP contribution in [0.5, 0.6) is 0 Å². The van der Waals surface area contributed by atoms with E-state index in [2.05, 4.69) is 42.3 Å². The fourth-order valence-corrected chi connectivity index (χ4v) is 2.70. The van der Waals surface area contributed by atoms with Gasteiger partial charge in [0, 0.05) is 32.8 Å². The zero-order valence-electron chi connectivity index (χ0n) is 11.9. The largest absolute Gasteiger partial charge is 0.380 e. The number of halogens is 1. The molecule has 0 radical (unpaired) electrons. The van der Waals surface area contributed by atoms with Crippen molar-refractivity contribution in [1.29, 1.82) is 0 Å². The van der Waals surface area contributed by atoms with Gasteiger partial charge in [0.15, 0.2) is 0 Å². The minimum absolute atomic E-state index is 0.332. The van der Waals surface area contributed by atoms with Crippen LogP contribution in [0.2, 0.25) is 5.02 Å². The topological polar surface area (TPSA) is 24.5 Å². The fraction of sp³-hybridized carbons (Fsp3) is 0.600. The molecule has 1 aromatic rings. The summed E-state index contributed by atoms with van der Waals surface area (Å²) in [7, 11) is 1.77. The summed E-state index contributed by atoms with van der Waals surface area (Å²) in [6.45, 7) is 7.09. The van der Waals surface area contributed by atoms with Crippen LogP contribution in [-0.2, 0) is 11.3 Å². The molecule has 1 atom stereocenters. The van der Waals surface area contributed by atoms with E-state index >= 15 is 0 Å². The van der Waals surface area contributed by atoms with Gasteiger partial charge >= 0.3 is 0 Å². The molecule has 3 nitrogen and oxygen atoms in total. The molecule has 0 spiro atoms. The quantitative estimate of drug-likeness (QED) is 0.898. The Labute approximate surface area is 120 Å². The van der Waals surface area contributed by atoms with E-state index in [0.717, 1.165) is 36.8 Å². The lowest BCUT2D eigenvalue weighted by molar-refractivity contribution is 0.121. The van der Waals surface area contributed by atoms with Gasteiger partial charge in [-0.05, 0) is 24.1 Å². The number of methoxy groups -OCH3 is 1. The second-order valence-electron chi connectivity index (χ2n) is 5.41. The van der Waals surface area contributed by atoms with Crippen molar-refractivity contribution in [1.82, 2.24) is 5.32 Å². The highest BCUT2D eigenvalue weighted by molar-refractivity contribution is 6.33. The van der Waals surface area contributed by atoms with E-state index in [1.807, 2.05) is 0 Å². The van der Waals surface area contributed by atoms with Crippen molar-refractivity contribution in [2.24, 2.45) is 0 Å². The van der Waals surface area contributed by atoms with Gasteiger partial charge in [-0.2, -0.15) is 0 Å². The van der Waals surface area contributed by atoms with Crippen LogP contribution >= 0.6 is 11.6 Å². The van der Waals surface area contributed by atoms with Gasteiger partial charge in [0.1, 0.15) is 0 Å². The van der Waals surface area contributed by atoms with Crippen LogP contribution in [0.15, 0.2) is 18.2 Å². The van der Waals surface area contributed by atoms with Crippen LogP contribution in [0.25, 0.3) is 0 Å². The van der Waals surface area contributed by atoms with Crippen molar-refractivity contribution < 1.29 is 4.74 Å². The third-order valence-electron chi connectivity index (χ3n) is 3.55. The molecule has 2 rings (SSSR count).